The number of carbonyl (C=O) groups is 1. The summed E-state index contributed by atoms with van der Waals surface area (Å²) in [6.45, 7) is 2.85. The molecule has 0 aliphatic carbocycles. The standard InChI is InChI=1S/C11H16N2O2.C2H6O/c1-8-10(7-14)13-11(15-8)6-9-4-2-3-5-12-9;1-3-2/h7,9,12H,2-6H2,1H3;1-2H3. The third-order valence-electron chi connectivity index (χ3n) is 2.82. The number of carbonyl (C=O) groups excluding carboxylic acids is 1. The first-order valence-electron chi connectivity index (χ1n) is 6.26. The second kappa shape index (κ2) is 8.00. The van der Waals surface area contributed by atoms with E-state index in [1.165, 1.54) is 12.8 Å². The number of piperidine rings is 1. The normalized spacial score (nSPS) is 18.9. The molecular formula is C13H22N2O3. The van der Waals surface area contributed by atoms with Gasteiger partial charge < -0.3 is 14.5 Å². The van der Waals surface area contributed by atoms with Crippen molar-refractivity contribution in [2.75, 3.05) is 20.8 Å². The number of aldehydes is 1. The van der Waals surface area contributed by atoms with Gasteiger partial charge in [0.2, 0.25) is 0 Å². The first-order valence-corrected chi connectivity index (χ1v) is 6.26. The molecule has 0 aromatic carbocycles. The van der Waals surface area contributed by atoms with Crippen LogP contribution in [-0.2, 0) is 11.2 Å². The fraction of sp³-hybridized carbons (Fsp3) is 0.692. The van der Waals surface area contributed by atoms with E-state index in [0.29, 0.717) is 23.4 Å². The Morgan fingerprint density at radius 3 is 2.72 bits per heavy atom. The molecule has 1 aliphatic rings. The quantitative estimate of drug-likeness (QED) is 0.832. The van der Waals surface area contributed by atoms with Gasteiger partial charge in [0.1, 0.15) is 11.5 Å². The molecule has 1 unspecified atom stereocenters. The van der Waals surface area contributed by atoms with Crippen molar-refractivity contribution in [1.29, 1.82) is 0 Å². The molecule has 0 spiro atoms. The van der Waals surface area contributed by atoms with Crippen LogP contribution in [0.2, 0.25) is 0 Å². The van der Waals surface area contributed by atoms with Crippen LogP contribution in [0, 0.1) is 6.92 Å². The Morgan fingerprint density at radius 1 is 1.50 bits per heavy atom. The SMILES string of the molecule is COC.Cc1oc(CC2CCCCN2)nc1C=O. The van der Waals surface area contributed by atoms with Crippen LogP contribution in [0.4, 0.5) is 0 Å². The van der Waals surface area contributed by atoms with Gasteiger partial charge in [0.15, 0.2) is 12.2 Å². The topological polar surface area (TPSA) is 64.4 Å². The van der Waals surface area contributed by atoms with E-state index >= 15 is 0 Å². The predicted molar refractivity (Wildman–Crippen MR) is 68.9 cm³/mol. The van der Waals surface area contributed by atoms with Gasteiger partial charge in [-0.25, -0.2) is 4.98 Å². The van der Waals surface area contributed by atoms with Crippen molar-refractivity contribution >= 4 is 6.29 Å². The summed E-state index contributed by atoms with van der Waals surface area (Å²) in [5, 5.41) is 3.43. The number of aryl methyl sites for hydroxylation is 1. The molecule has 0 radical (unpaired) electrons. The number of nitrogens with zero attached hydrogens (tertiary/aromatic N) is 1. The third-order valence-corrected chi connectivity index (χ3v) is 2.82. The maximum Gasteiger partial charge on any atom is 0.196 e. The number of hydrogen-bond donors (Lipinski definition) is 1. The number of methoxy groups -OCH3 is 1. The molecule has 1 aromatic heterocycles. The fourth-order valence-corrected chi connectivity index (χ4v) is 1.97. The second-order valence-electron chi connectivity index (χ2n) is 4.43. The predicted octanol–water partition coefficient (Wildman–Crippen LogP) is 1.74. The van der Waals surface area contributed by atoms with E-state index in [1.54, 1.807) is 21.1 Å². The summed E-state index contributed by atoms with van der Waals surface area (Å²) >= 11 is 0. The van der Waals surface area contributed by atoms with Crippen molar-refractivity contribution in [3.63, 3.8) is 0 Å². The highest BCUT2D eigenvalue weighted by Crippen LogP contribution is 2.14. The van der Waals surface area contributed by atoms with Crippen LogP contribution < -0.4 is 5.32 Å². The highest BCUT2D eigenvalue weighted by Gasteiger charge is 2.17. The Labute approximate surface area is 108 Å². The van der Waals surface area contributed by atoms with Gasteiger partial charge in [0.05, 0.1) is 0 Å². The van der Waals surface area contributed by atoms with Crippen LogP contribution in [0.15, 0.2) is 4.42 Å². The molecule has 2 heterocycles. The molecule has 5 nitrogen and oxygen atoms in total. The number of rotatable bonds is 3. The Morgan fingerprint density at radius 2 is 2.22 bits per heavy atom. The minimum atomic E-state index is 0.431. The summed E-state index contributed by atoms with van der Waals surface area (Å²) < 4.78 is 9.68. The largest absolute Gasteiger partial charge is 0.445 e. The lowest BCUT2D eigenvalue weighted by molar-refractivity contribution is 0.111. The summed E-state index contributed by atoms with van der Waals surface area (Å²) in [5.74, 6) is 1.30. The lowest BCUT2D eigenvalue weighted by Gasteiger charge is -2.21. The zero-order valence-corrected chi connectivity index (χ0v) is 11.4. The van der Waals surface area contributed by atoms with E-state index in [2.05, 4.69) is 15.0 Å². The van der Waals surface area contributed by atoms with Crippen molar-refractivity contribution in [3.05, 3.63) is 17.3 Å². The highest BCUT2D eigenvalue weighted by molar-refractivity contribution is 5.72. The summed E-state index contributed by atoms with van der Waals surface area (Å²) in [6.07, 6.45) is 5.21. The van der Waals surface area contributed by atoms with Gasteiger partial charge in [-0.2, -0.15) is 0 Å². The number of nitrogens with one attached hydrogen (secondary N) is 1. The first-order chi connectivity index (χ1) is 8.71. The molecule has 1 aromatic rings. The Balaban J connectivity index is 0.000000492. The smallest absolute Gasteiger partial charge is 0.196 e. The van der Waals surface area contributed by atoms with Crippen molar-refractivity contribution < 1.29 is 13.9 Å². The fourth-order valence-electron chi connectivity index (χ4n) is 1.97. The molecule has 102 valence electrons. The van der Waals surface area contributed by atoms with E-state index in [1.807, 2.05) is 0 Å². The van der Waals surface area contributed by atoms with Gasteiger partial charge in [0, 0.05) is 26.7 Å². The van der Waals surface area contributed by atoms with Crippen LogP contribution in [0.1, 0.15) is 41.4 Å². The zero-order valence-electron chi connectivity index (χ0n) is 11.4. The van der Waals surface area contributed by atoms with E-state index in [-0.39, 0.29) is 0 Å². The van der Waals surface area contributed by atoms with Crippen molar-refractivity contribution in [2.24, 2.45) is 0 Å². The summed E-state index contributed by atoms with van der Waals surface area (Å²) in [7, 11) is 3.25. The Kier molecular flexibility index (Phi) is 6.60. The van der Waals surface area contributed by atoms with Crippen LogP contribution in [-0.4, -0.2) is 38.1 Å². The maximum absolute atomic E-state index is 10.6. The summed E-state index contributed by atoms with van der Waals surface area (Å²) in [4.78, 5) is 14.7. The van der Waals surface area contributed by atoms with E-state index in [4.69, 9.17) is 4.42 Å². The maximum atomic E-state index is 10.6. The molecule has 1 fully saturated rings. The molecule has 1 N–H and O–H groups in total. The van der Waals surface area contributed by atoms with Crippen molar-refractivity contribution in [3.8, 4) is 0 Å². The van der Waals surface area contributed by atoms with E-state index < -0.39 is 0 Å². The molecule has 1 aliphatic heterocycles. The van der Waals surface area contributed by atoms with Gasteiger partial charge >= 0.3 is 0 Å². The van der Waals surface area contributed by atoms with Crippen molar-refractivity contribution in [1.82, 2.24) is 10.3 Å². The summed E-state index contributed by atoms with van der Waals surface area (Å²) in [5.41, 5.74) is 0.431. The van der Waals surface area contributed by atoms with Gasteiger partial charge in [-0.15, -0.1) is 0 Å². The van der Waals surface area contributed by atoms with Crippen LogP contribution in [0.3, 0.4) is 0 Å². The average Bonchev–Trinajstić information content (AvgIpc) is 2.72. The van der Waals surface area contributed by atoms with Crippen molar-refractivity contribution in [2.45, 2.75) is 38.6 Å². The Bertz CT molecular complexity index is 357. The number of ether oxygens (including phenoxy) is 1. The monoisotopic (exact) mass is 254 g/mol. The van der Waals surface area contributed by atoms with Gasteiger partial charge in [-0.05, 0) is 26.3 Å². The second-order valence-corrected chi connectivity index (χ2v) is 4.43. The lowest BCUT2D eigenvalue weighted by Crippen LogP contribution is -2.35. The average molecular weight is 254 g/mol. The van der Waals surface area contributed by atoms with Crippen LogP contribution in [0.25, 0.3) is 0 Å². The molecule has 0 amide bonds. The van der Waals surface area contributed by atoms with Gasteiger partial charge in [0.25, 0.3) is 0 Å². The molecule has 2 rings (SSSR count). The minimum absolute atomic E-state index is 0.431. The highest BCUT2D eigenvalue weighted by atomic mass is 16.4. The summed E-state index contributed by atoms with van der Waals surface area (Å²) in [6, 6.07) is 0.455. The molecule has 5 heteroatoms. The van der Waals surface area contributed by atoms with E-state index in [0.717, 1.165) is 25.7 Å². The molecule has 18 heavy (non-hydrogen) atoms. The first kappa shape index (κ1) is 14.9. The lowest BCUT2D eigenvalue weighted by atomic mass is 10.0. The van der Waals surface area contributed by atoms with Crippen LogP contribution in [0.5, 0.6) is 0 Å². The number of hydrogen-bond acceptors (Lipinski definition) is 5. The third kappa shape index (κ3) is 4.58. The molecule has 1 saturated heterocycles. The van der Waals surface area contributed by atoms with Gasteiger partial charge in [-0.1, -0.05) is 6.42 Å². The molecule has 0 saturated carbocycles. The van der Waals surface area contributed by atoms with E-state index in [9.17, 15) is 4.79 Å². The minimum Gasteiger partial charge on any atom is -0.445 e. The van der Waals surface area contributed by atoms with Crippen LogP contribution >= 0.6 is 0 Å². The number of oxazole rings is 1. The van der Waals surface area contributed by atoms with Gasteiger partial charge in [-0.3, -0.25) is 4.79 Å². The molecule has 0 bridgehead atoms. The zero-order chi connectivity index (χ0) is 13.4. The molecule has 1 atom stereocenters. The Hall–Kier alpha value is -1.20. The molecular weight excluding hydrogens is 232 g/mol. The number of aromatic nitrogens is 1.